The molecule has 0 saturated heterocycles. The van der Waals surface area contributed by atoms with Gasteiger partial charge >= 0.3 is 5.97 Å². The summed E-state index contributed by atoms with van der Waals surface area (Å²) in [6.45, 7) is 3.28. The Kier molecular flexibility index (Phi) is 7.70. The third kappa shape index (κ3) is 5.76. The lowest BCUT2D eigenvalue weighted by Crippen LogP contribution is -2.20. The molecular formula is C30H27BrN4O5. The number of hydrogen-bond acceptors (Lipinski definition) is 8. The predicted molar refractivity (Wildman–Crippen MR) is 159 cm³/mol. The standard InChI is InChI=1S/C30H27BrN4O5/c1-18(2)39-28(36)17-38-26-15-22(34(3)4)11-9-19(26)16-32-35-29(33-24-8-6-5-7-23(24)30(35)37)27-14-20-13-21(31)10-12-25(20)40-27/h5-16,18H,17H2,1-4H3. The van der Waals surface area contributed by atoms with Crippen LogP contribution in [0.1, 0.15) is 19.4 Å². The van der Waals surface area contributed by atoms with Crippen LogP contribution < -0.4 is 15.2 Å². The van der Waals surface area contributed by atoms with E-state index in [1.807, 2.05) is 55.4 Å². The maximum atomic E-state index is 13.6. The summed E-state index contributed by atoms with van der Waals surface area (Å²) in [6, 6.07) is 20.0. The molecule has 2 heterocycles. The second-order valence-corrected chi connectivity index (χ2v) is 10.5. The maximum Gasteiger partial charge on any atom is 0.344 e. The molecular weight excluding hydrogens is 576 g/mol. The van der Waals surface area contributed by atoms with Gasteiger partial charge in [-0.25, -0.2) is 9.78 Å². The van der Waals surface area contributed by atoms with Crippen molar-refractivity contribution in [3.05, 3.63) is 87.1 Å². The van der Waals surface area contributed by atoms with Crippen LogP contribution in [0.5, 0.6) is 5.75 Å². The average molecular weight is 603 g/mol. The number of aromatic nitrogens is 2. The third-order valence-electron chi connectivity index (χ3n) is 5.99. The van der Waals surface area contributed by atoms with E-state index in [9.17, 15) is 9.59 Å². The molecule has 40 heavy (non-hydrogen) atoms. The summed E-state index contributed by atoms with van der Waals surface area (Å²) < 4.78 is 19.2. The van der Waals surface area contributed by atoms with E-state index in [2.05, 4.69) is 21.0 Å². The summed E-state index contributed by atoms with van der Waals surface area (Å²) in [5.41, 5.74) is 2.25. The van der Waals surface area contributed by atoms with Gasteiger partial charge in [0.05, 0.1) is 23.2 Å². The van der Waals surface area contributed by atoms with Crippen LogP contribution in [0.2, 0.25) is 0 Å². The SMILES string of the molecule is CC(C)OC(=O)COc1cc(N(C)C)ccc1C=Nn1c(-c2cc3cc(Br)ccc3o2)nc2ccccc2c1=O. The second kappa shape index (κ2) is 11.4. The number of halogens is 1. The Bertz CT molecular complexity index is 1810. The van der Waals surface area contributed by atoms with Crippen molar-refractivity contribution in [2.24, 2.45) is 5.10 Å². The van der Waals surface area contributed by atoms with E-state index >= 15 is 0 Å². The summed E-state index contributed by atoms with van der Waals surface area (Å²) >= 11 is 3.48. The lowest BCUT2D eigenvalue weighted by Gasteiger charge is -2.16. The Labute approximate surface area is 238 Å². The first-order valence-corrected chi connectivity index (χ1v) is 13.4. The van der Waals surface area contributed by atoms with Crippen LogP contribution in [0.3, 0.4) is 0 Å². The molecule has 0 atom stereocenters. The number of hydrogen-bond donors (Lipinski definition) is 0. The second-order valence-electron chi connectivity index (χ2n) is 9.55. The highest BCUT2D eigenvalue weighted by atomic mass is 79.9. The number of anilines is 1. The van der Waals surface area contributed by atoms with Crippen LogP contribution in [-0.4, -0.2) is 48.7 Å². The van der Waals surface area contributed by atoms with Gasteiger partial charge in [-0.2, -0.15) is 9.78 Å². The van der Waals surface area contributed by atoms with Gasteiger partial charge in [-0.1, -0.05) is 28.1 Å². The zero-order valence-corrected chi connectivity index (χ0v) is 24.0. The first-order chi connectivity index (χ1) is 19.2. The normalized spacial score (nSPS) is 11.6. The summed E-state index contributed by atoms with van der Waals surface area (Å²) in [5, 5.41) is 5.81. The van der Waals surface area contributed by atoms with E-state index in [-0.39, 0.29) is 24.1 Å². The number of esters is 1. The molecule has 10 heteroatoms. The summed E-state index contributed by atoms with van der Waals surface area (Å²) in [5.74, 6) is 0.568. The molecule has 0 radical (unpaired) electrons. The number of ether oxygens (including phenoxy) is 2. The molecule has 0 aliphatic carbocycles. The number of carbonyl (C=O) groups is 1. The van der Waals surface area contributed by atoms with E-state index in [1.165, 1.54) is 10.9 Å². The van der Waals surface area contributed by atoms with Gasteiger partial charge in [-0.3, -0.25) is 4.79 Å². The minimum absolute atomic E-state index is 0.250. The van der Waals surface area contributed by atoms with Gasteiger partial charge in [-0.15, -0.1) is 0 Å². The Morgan fingerprint density at radius 2 is 1.93 bits per heavy atom. The van der Waals surface area contributed by atoms with Gasteiger partial charge in [0.25, 0.3) is 5.56 Å². The van der Waals surface area contributed by atoms with Crippen LogP contribution in [0, 0.1) is 0 Å². The summed E-state index contributed by atoms with van der Waals surface area (Å²) in [7, 11) is 3.80. The van der Waals surface area contributed by atoms with Crippen molar-refractivity contribution in [1.29, 1.82) is 0 Å². The van der Waals surface area contributed by atoms with Crippen molar-refractivity contribution in [2.75, 3.05) is 25.6 Å². The van der Waals surface area contributed by atoms with E-state index in [4.69, 9.17) is 18.9 Å². The molecule has 3 aromatic carbocycles. The van der Waals surface area contributed by atoms with Crippen molar-refractivity contribution >= 4 is 55.7 Å². The number of fused-ring (bicyclic) bond motifs is 2. The fraction of sp³-hybridized carbons (Fsp3) is 0.200. The highest BCUT2D eigenvalue weighted by molar-refractivity contribution is 9.10. The molecule has 0 unspecified atom stereocenters. The van der Waals surface area contributed by atoms with E-state index in [0.29, 0.717) is 33.6 Å². The number of furan rings is 1. The molecule has 0 aliphatic heterocycles. The molecule has 5 rings (SSSR count). The largest absolute Gasteiger partial charge is 0.481 e. The lowest BCUT2D eigenvalue weighted by molar-refractivity contribution is -0.149. The van der Waals surface area contributed by atoms with Gasteiger partial charge < -0.3 is 18.8 Å². The number of para-hydroxylation sites is 1. The highest BCUT2D eigenvalue weighted by Crippen LogP contribution is 2.29. The van der Waals surface area contributed by atoms with Crippen LogP contribution in [0.4, 0.5) is 5.69 Å². The van der Waals surface area contributed by atoms with Crippen LogP contribution >= 0.6 is 15.9 Å². The molecule has 9 nitrogen and oxygen atoms in total. The van der Waals surface area contributed by atoms with Gasteiger partial charge in [0, 0.05) is 41.3 Å². The van der Waals surface area contributed by atoms with Crippen LogP contribution in [0.15, 0.2) is 85.5 Å². The average Bonchev–Trinajstić information content (AvgIpc) is 3.34. The first kappa shape index (κ1) is 27.1. The molecule has 0 saturated carbocycles. The van der Waals surface area contributed by atoms with Crippen molar-refractivity contribution in [1.82, 2.24) is 9.66 Å². The Morgan fingerprint density at radius 1 is 1.12 bits per heavy atom. The zero-order chi connectivity index (χ0) is 28.4. The zero-order valence-electron chi connectivity index (χ0n) is 22.4. The first-order valence-electron chi connectivity index (χ1n) is 12.6. The molecule has 2 aromatic heterocycles. The molecule has 0 aliphatic rings. The molecule has 0 N–H and O–H groups in total. The Morgan fingerprint density at radius 3 is 2.70 bits per heavy atom. The van der Waals surface area contributed by atoms with Crippen LogP contribution in [0.25, 0.3) is 33.5 Å². The molecule has 0 bridgehead atoms. The number of rotatable bonds is 8. The highest BCUT2D eigenvalue weighted by Gasteiger charge is 2.17. The summed E-state index contributed by atoms with van der Waals surface area (Å²) in [4.78, 5) is 32.4. The predicted octanol–water partition coefficient (Wildman–Crippen LogP) is 5.85. The van der Waals surface area contributed by atoms with Crippen molar-refractivity contribution in [3.8, 4) is 17.3 Å². The number of carbonyl (C=O) groups excluding carboxylic acids is 1. The minimum Gasteiger partial charge on any atom is -0.481 e. The van der Waals surface area contributed by atoms with Gasteiger partial charge in [0.15, 0.2) is 12.4 Å². The Balaban J connectivity index is 1.60. The Hall–Kier alpha value is -4.44. The molecule has 5 aromatic rings. The summed E-state index contributed by atoms with van der Waals surface area (Å²) in [6.07, 6.45) is 1.25. The van der Waals surface area contributed by atoms with E-state index < -0.39 is 5.97 Å². The smallest absolute Gasteiger partial charge is 0.344 e. The lowest BCUT2D eigenvalue weighted by atomic mass is 10.2. The van der Waals surface area contributed by atoms with Gasteiger partial charge in [-0.05, 0) is 62.4 Å². The van der Waals surface area contributed by atoms with Crippen molar-refractivity contribution < 1.29 is 18.7 Å². The minimum atomic E-state index is -0.484. The topological polar surface area (TPSA) is 99.2 Å². The number of benzene rings is 3. The van der Waals surface area contributed by atoms with Crippen LogP contribution in [-0.2, 0) is 9.53 Å². The van der Waals surface area contributed by atoms with Gasteiger partial charge in [0.2, 0.25) is 5.82 Å². The quantitative estimate of drug-likeness (QED) is 0.162. The molecule has 0 spiro atoms. The molecule has 0 amide bonds. The maximum absolute atomic E-state index is 13.6. The van der Waals surface area contributed by atoms with Crippen molar-refractivity contribution in [2.45, 2.75) is 20.0 Å². The van der Waals surface area contributed by atoms with Crippen molar-refractivity contribution in [3.63, 3.8) is 0 Å². The fourth-order valence-corrected chi connectivity index (χ4v) is 4.48. The van der Waals surface area contributed by atoms with E-state index in [0.717, 1.165) is 15.5 Å². The van der Waals surface area contributed by atoms with Gasteiger partial charge in [0.1, 0.15) is 11.3 Å². The monoisotopic (exact) mass is 602 g/mol. The molecule has 204 valence electrons. The fourth-order valence-electron chi connectivity index (χ4n) is 4.10. The third-order valence-corrected chi connectivity index (χ3v) is 6.48. The number of nitrogens with zero attached hydrogens (tertiary/aromatic N) is 4. The molecule has 0 fully saturated rings. The van der Waals surface area contributed by atoms with E-state index in [1.54, 1.807) is 44.2 Å².